The SMILES string of the molecule is [CH2]CC(=C)C(C)(C)c1ccccc1. The van der Waals surface area contributed by atoms with E-state index in [-0.39, 0.29) is 5.41 Å². The first-order valence-corrected chi connectivity index (χ1v) is 4.62. The van der Waals surface area contributed by atoms with Gasteiger partial charge in [-0.2, -0.15) is 0 Å². The molecule has 0 saturated carbocycles. The van der Waals surface area contributed by atoms with Crippen LogP contribution in [0.1, 0.15) is 25.8 Å². The van der Waals surface area contributed by atoms with Crippen molar-refractivity contribution in [2.45, 2.75) is 25.7 Å². The Balaban J connectivity index is 3.00. The molecule has 0 bridgehead atoms. The lowest BCUT2D eigenvalue weighted by Gasteiger charge is -2.27. The second-order valence-electron chi connectivity index (χ2n) is 3.84. The molecule has 69 valence electrons. The second-order valence-corrected chi connectivity index (χ2v) is 3.84. The Kier molecular flexibility index (Phi) is 2.92. The maximum absolute atomic E-state index is 4.06. The zero-order chi connectivity index (χ0) is 9.90. The molecule has 0 N–H and O–H groups in total. The van der Waals surface area contributed by atoms with E-state index in [1.165, 1.54) is 11.1 Å². The van der Waals surface area contributed by atoms with Crippen LogP contribution in [0.25, 0.3) is 0 Å². The summed E-state index contributed by atoms with van der Waals surface area (Å²) in [7, 11) is 0. The third-order valence-corrected chi connectivity index (χ3v) is 2.68. The minimum absolute atomic E-state index is 0.0447. The number of benzene rings is 1. The predicted octanol–water partition coefficient (Wildman–Crippen LogP) is 3.74. The highest BCUT2D eigenvalue weighted by atomic mass is 14.3. The minimum Gasteiger partial charge on any atom is -0.0990 e. The first-order valence-electron chi connectivity index (χ1n) is 4.62. The highest BCUT2D eigenvalue weighted by Gasteiger charge is 2.22. The molecule has 0 heteroatoms. The molecule has 13 heavy (non-hydrogen) atoms. The fraction of sp³-hybridized carbons (Fsp3) is 0.308. The average Bonchev–Trinajstić information content (AvgIpc) is 2.18. The molecule has 0 nitrogen and oxygen atoms in total. The molecular weight excluding hydrogens is 156 g/mol. The van der Waals surface area contributed by atoms with Crippen molar-refractivity contribution in [1.29, 1.82) is 0 Å². The van der Waals surface area contributed by atoms with E-state index in [1.54, 1.807) is 0 Å². The van der Waals surface area contributed by atoms with Gasteiger partial charge in [0, 0.05) is 5.41 Å². The van der Waals surface area contributed by atoms with Crippen LogP contribution in [0.5, 0.6) is 0 Å². The molecule has 0 aromatic heterocycles. The van der Waals surface area contributed by atoms with Gasteiger partial charge in [-0.25, -0.2) is 0 Å². The summed E-state index contributed by atoms with van der Waals surface area (Å²) in [5.41, 5.74) is 2.53. The third-order valence-electron chi connectivity index (χ3n) is 2.68. The Bertz CT molecular complexity index is 280. The van der Waals surface area contributed by atoms with Crippen molar-refractivity contribution in [1.82, 2.24) is 0 Å². The van der Waals surface area contributed by atoms with Gasteiger partial charge in [0.05, 0.1) is 0 Å². The van der Waals surface area contributed by atoms with Crippen LogP contribution in [-0.4, -0.2) is 0 Å². The van der Waals surface area contributed by atoms with Gasteiger partial charge < -0.3 is 0 Å². The third kappa shape index (κ3) is 2.00. The van der Waals surface area contributed by atoms with Gasteiger partial charge in [0.15, 0.2) is 0 Å². The van der Waals surface area contributed by atoms with Crippen molar-refractivity contribution in [3.8, 4) is 0 Å². The van der Waals surface area contributed by atoms with Crippen LogP contribution in [0.4, 0.5) is 0 Å². The number of rotatable bonds is 3. The molecule has 1 radical (unpaired) electrons. The van der Waals surface area contributed by atoms with Crippen LogP contribution in [0.15, 0.2) is 42.5 Å². The van der Waals surface area contributed by atoms with Crippen molar-refractivity contribution < 1.29 is 0 Å². The van der Waals surface area contributed by atoms with Gasteiger partial charge in [-0.05, 0) is 18.9 Å². The lowest BCUT2D eigenvalue weighted by Crippen LogP contribution is -2.19. The second kappa shape index (κ2) is 3.78. The molecule has 1 aromatic carbocycles. The van der Waals surface area contributed by atoms with Gasteiger partial charge in [-0.1, -0.05) is 56.3 Å². The number of hydrogen-bond donors (Lipinski definition) is 0. The van der Waals surface area contributed by atoms with E-state index in [9.17, 15) is 0 Å². The summed E-state index contributed by atoms with van der Waals surface area (Å²) in [4.78, 5) is 0. The number of allylic oxidation sites excluding steroid dienone is 1. The zero-order valence-corrected chi connectivity index (χ0v) is 8.51. The summed E-state index contributed by atoms with van der Waals surface area (Å²) in [6.07, 6.45) is 0.794. The molecule has 0 aliphatic rings. The van der Waals surface area contributed by atoms with Gasteiger partial charge in [-0.3, -0.25) is 0 Å². The molecule has 0 saturated heterocycles. The molecule has 0 amide bonds. The summed E-state index contributed by atoms with van der Waals surface area (Å²) in [5, 5.41) is 0. The van der Waals surface area contributed by atoms with Crippen LogP contribution in [0.2, 0.25) is 0 Å². The first-order chi connectivity index (χ1) is 6.09. The Morgan fingerprint density at radius 3 is 2.23 bits per heavy atom. The van der Waals surface area contributed by atoms with Gasteiger partial charge >= 0.3 is 0 Å². The molecule has 0 spiro atoms. The van der Waals surface area contributed by atoms with Crippen LogP contribution in [0, 0.1) is 6.92 Å². The van der Waals surface area contributed by atoms with Crippen molar-refractivity contribution in [2.75, 3.05) is 0 Å². The molecule has 1 rings (SSSR count). The maximum Gasteiger partial charge on any atom is 0.0102 e. The van der Waals surface area contributed by atoms with E-state index in [0.29, 0.717) is 0 Å². The average molecular weight is 173 g/mol. The van der Waals surface area contributed by atoms with E-state index >= 15 is 0 Å². The van der Waals surface area contributed by atoms with E-state index in [0.717, 1.165) is 6.42 Å². The molecule has 0 atom stereocenters. The Labute approximate surface area is 81.3 Å². The highest BCUT2D eigenvalue weighted by Crippen LogP contribution is 2.31. The summed E-state index contributed by atoms with van der Waals surface area (Å²) >= 11 is 0. The van der Waals surface area contributed by atoms with Crippen LogP contribution in [-0.2, 0) is 5.41 Å². The fourth-order valence-electron chi connectivity index (χ4n) is 1.37. The smallest absolute Gasteiger partial charge is 0.0102 e. The van der Waals surface area contributed by atoms with Crippen molar-refractivity contribution in [2.24, 2.45) is 0 Å². The molecular formula is C13H17. The summed E-state index contributed by atoms with van der Waals surface area (Å²) in [6.45, 7) is 12.3. The summed E-state index contributed by atoms with van der Waals surface area (Å²) in [5.74, 6) is 0. The molecule has 0 aliphatic heterocycles. The molecule has 0 aliphatic carbocycles. The Hall–Kier alpha value is -1.04. The van der Waals surface area contributed by atoms with E-state index in [4.69, 9.17) is 0 Å². The van der Waals surface area contributed by atoms with E-state index in [1.807, 2.05) is 6.07 Å². The first kappa shape index (κ1) is 10.0. The van der Waals surface area contributed by atoms with Gasteiger partial charge in [0.25, 0.3) is 0 Å². The maximum atomic E-state index is 4.06. The van der Waals surface area contributed by atoms with Crippen LogP contribution >= 0.6 is 0 Å². The standard InChI is InChI=1S/C13H17/c1-5-11(2)13(3,4)12-9-7-6-8-10-12/h6-10H,1-2,5H2,3-4H3. The quantitative estimate of drug-likeness (QED) is 0.611. The van der Waals surface area contributed by atoms with Crippen molar-refractivity contribution >= 4 is 0 Å². The lowest BCUT2D eigenvalue weighted by molar-refractivity contribution is 0.612. The van der Waals surface area contributed by atoms with Gasteiger partial charge in [-0.15, -0.1) is 0 Å². The zero-order valence-electron chi connectivity index (χ0n) is 8.51. The van der Waals surface area contributed by atoms with Crippen LogP contribution < -0.4 is 0 Å². The number of hydrogen-bond acceptors (Lipinski definition) is 0. The van der Waals surface area contributed by atoms with Gasteiger partial charge in [0.2, 0.25) is 0 Å². The normalized spacial score (nSPS) is 11.3. The van der Waals surface area contributed by atoms with Crippen molar-refractivity contribution in [3.63, 3.8) is 0 Å². The van der Waals surface area contributed by atoms with Crippen molar-refractivity contribution in [3.05, 3.63) is 55.0 Å². The molecule has 1 aromatic rings. The minimum atomic E-state index is 0.0447. The fourth-order valence-corrected chi connectivity index (χ4v) is 1.37. The monoisotopic (exact) mass is 173 g/mol. The Morgan fingerprint density at radius 1 is 1.23 bits per heavy atom. The highest BCUT2D eigenvalue weighted by molar-refractivity contribution is 5.33. The van der Waals surface area contributed by atoms with E-state index < -0.39 is 0 Å². The molecule has 0 heterocycles. The topological polar surface area (TPSA) is 0 Å². The largest absolute Gasteiger partial charge is 0.0990 e. The summed E-state index contributed by atoms with van der Waals surface area (Å²) in [6, 6.07) is 10.4. The Morgan fingerprint density at radius 2 is 1.77 bits per heavy atom. The summed E-state index contributed by atoms with van der Waals surface area (Å²) < 4.78 is 0. The van der Waals surface area contributed by atoms with Crippen LogP contribution in [0.3, 0.4) is 0 Å². The lowest BCUT2D eigenvalue weighted by atomic mass is 9.77. The molecule has 0 fully saturated rings. The molecule has 0 unspecified atom stereocenters. The van der Waals surface area contributed by atoms with Gasteiger partial charge in [0.1, 0.15) is 0 Å². The van der Waals surface area contributed by atoms with E-state index in [2.05, 4.69) is 51.6 Å². The predicted molar refractivity (Wildman–Crippen MR) is 58.6 cm³/mol.